The van der Waals surface area contributed by atoms with Crippen molar-refractivity contribution in [2.45, 2.75) is 19.3 Å². The van der Waals surface area contributed by atoms with Crippen LogP contribution in [0.1, 0.15) is 25.0 Å². The summed E-state index contributed by atoms with van der Waals surface area (Å²) in [5, 5.41) is 4.75. The van der Waals surface area contributed by atoms with Gasteiger partial charge in [0.25, 0.3) is 0 Å². The van der Waals surface area contributed by atoms with Crippen LogP contribution in [0.5, 0.6) is 0 Å². The van der Waals surface area contributed by atoms with Gasteiger partial charge in [0, 0.05) is 33.1 Å². The molecule has 2 nitrogen and oxygen atoms in total. The summed E-state index contributed by atoms with van der Waals surface area (Å²) < 4.78 is 6.37. The normalized spacial score (nSPS) is 12.9. The molecule has 57 heavy (non-hydrogen) atoms. The number of nitrogens with zero attached hydrogens (tertiary/aromatic N) is 1. The summed E-state index contributed by atoms with van der Waals surface area (Å²) in [6, 6.07) is 72.6. The zero-order chi connectivity index (χ0) is 38.1. The standard InChI is InChI=1S/C55H39NO/c1-55(2)49-21-8-5-16-44(49)45-34-29-39(35-50(45)55)36-25-30-40(31-26-36)56(41-32-27-38(28-33-41)43-19-11-14-37-13-3-4-15-42(37)43)51-22-9-6-17-46(51)47-20-12-24-53-54(47)48-18-7-10-23-52(48)57-53/h3-35H,1-2H3. The average molecular weight is 730 g/mol. The minimum atomic E-state index is -0.0518. The molecule has 10 aromatic rings. The summed E-state index contributed by atoms with van der Waals surface area (Å²) in [5.41, 5.74) is 17.6. The maximum Gasteiger partial charge on any atom is 0.136 e. The predicted molar refractivity (Wildman–Crippen MR) is 240 cm³/mol. The fourth-order valence-corrected chi connectivity index (χ4v) is 9.28. The summed E-state index contributed by atoms with van der Waals surface area (Å²) >= 11 is 0. The first-order valence-electron chi connectivity index (χ1n) is 19.8. The molecular formula is C55H39NO. The lowest BCUT2D eigenvalue weighted by molar-refractivity contribution is 0.660. The molecule has 9 aromatic carbocycles. The molecule has 0 unspecified atom stereocenters. The number of hydrogen-bond donors (Lipinski definition) is 0. The summed E-state index contributed by atoms with van der Waals surface area (Å²) in [4.78, 5) is 2.40. The molecule has 1 aliphatic carbocycles. The Bertz CT molecular complexity index is 3140. The number of benzene rings is 9. The third-order valence-electron chi connectivity index (χ3n) is 12.1. The van der Waals surface area contributed by atoms with Crippen LogP contribution >= 0.6 is 0 Å². The number of hydrogen-bond acceptors (Lipinski definition) is 2. The van der Waals surface area contributed by atoms with Gasteiger partial charge >= 0.3 is 0 Å². The van der Waals surface area contributed by atoms with Crippen molar-refractivity contribution in [1.29, 1.82) is 0 Å². The van der Waals surface area contributed by atoms with Crippen molar-refractivity contribution in [2.75, 3.05) is 4.90 Å². The molecule has 2 heteroatoms. The molecule has 0 atom stereocenters. The van der Waals surface area contributed by atoms with Crippen LogP contribution < -0.4 is 4.90 Å². The zero-order valence-electron chi connectivity index (χ0n) is 31.9. The van der Waals surface area contributed by atoms with Gasteiger partial charge in [0.2, 0.25) is 0 Å². The molecule has 0 spiro atoms. The van der Waals surface area contributed by atoms with E-state index in [1.807, 2.05) is 6.07 Å². The Kier molecular flexibility index (Phi) is 7.55. The molecule has 0 radical (unpaired) electrons. The lowest BCUT2D eigenvalue weighted by atomic mass is 9.81. The maximum absolute atomic E-state index is 6.37. The second kappa shape index (κ2) is 13.0. The fourth-order valence-electron chi connectivity index (χ4n) is 9.28. The molecular weight excluding hydrogens is 691 g/mol. The third-order valence-corrected chi connectivity index (χ3v) is 12.1. The second-order valence-corrected chi connectivity index (χ2v) is 15.7. The van der Waals surface area contributed by atoms with Gasteiger partial charge < -0.3 is 9.32 Å². The highest BCUT2D eigenvalue weighted by Gasteiger charge is 2.35. The molecule has 0 bridgehead atoms. The Balaban J connectivity index is 1.05. The van der Waals surface area contributed by atoms with E-state index in [1.165, 1.54) is 55.3 Å². The van der Waals surface area contributed by atoms with Crippen molar-refractivity contribution in [3.8, 4) is 44.5 Å². The first-order chi connectivity index (χ1) is 28.0. The minimum Gasteiger partial charge on any atom is -0.456 e. The van der Waals surface area contributed by atoms with Gasteiger partial charge in [-0.1, -0.05) is 166 Å². The molecule has 1 aliphatic rings. The van der Waals surface area contributed by atoms with Crippen LogP contribution in [0.4, 0.5) is 17.1 Å². The quantitative estimate of drug-likeness (QED) is 0.169. The highest BCUT2D eigenvalue weighted by atomic mass is 16.3. The molecule has 0 N–H and O–H groups in total. The lowest BCUT2D eigenvalue weighted by Crippen LogP contribution is -2.14. The van der Waals surface area contributed by atoms with Crippen LogP contribution in [-0.2, 0) is 5.41 Å². The van der Waals surface area contributed by atoms with Crippen LogP contribution in [0.3, 0.4) is 0 Å². The zero-order valence-corrected chi connectivity index (χ0v) is 31.9. The van der Waals surface area contributed by atoms with E-state index in [0.717, 1.165) is 50.1 Å². The Hall–Kier alpha value is -7.16. The molecule has 1 heterocycles. The first kappa shape index (κ1) is 33.2. The number of para-hydroxylation sites is 2. The third kappa shape index (κ3) is 5.33. The minimum absolute atomic E-state index is 0.0518. The van der Waals surface area contributed by atoms with Gasteiger partial charge in [-0.15, -0.1) is 0 Å². The van der Waals surface area contributed by atoms with Crippen LogP contribution in [-0.4, -0.2) is 0 Å². The molecule has 11 rings (SSSR count). The Morgan fingerprint density at radius 3 is 1.77 bits per heavy atom. The van der Waals surface area contributed by atoms with Gasteiger partial charge in [0.1, 0.15) is 11.2 Å². The van der Waals surface area contributed by atoms with Crippen LogP contribution in [0.15, 0.2) is 205 Å². The summed E-state index contributed by atoms with van der Waals surface area (Å²) in [6.45, 7) is 4.69. The van der Waals surface area contributed by atoms with Crippen molar-refractivity contribution in [3.63, 3.8) is 0 Å². The number of furan rings is 1. The molecule has 0 fully saturated rings. The van der Waals surface area contributed by atoms with E-state index in [0.29, 0.717) is 0 Å². The second-order valence-electron chi connectivity index (χ2n) is 15.7. The van der Waals surface area contributed by atoms with Gasteiger partial charge in [-0.05, 0) is 109 Å². The highest BCUT2D eigenvalue weighted by molar-refractivity contribution is 6.14. The predicted octanol–water partition coefficient (Wildman–Crippen LogP) is 15.5. The number of fused-ring (bicyclic) bond motifs is 7. The molecule has 0 saturated heterocycles. The van der Waals surface area contributed by atoms with Crippen molar-refractivity contribution in [2.24, 2.45) is 0 Å². The summed E-state index contributed by atoms with van der Waals surface area (Å²) in [6.07, 6.45) is 0. The largest absolute Gasteiger partial charge is 0.456 e. The van der Waals surface area contributed by atoms with E-state index in [-0.39, 0.29) is 5.41 Å². The highest BCUT2D eigenvalue weighted by Crippen LogP contribution is 2.50. The lowest BCUT2D eigenvalue weighted by Gasteiger charge is -2.28. The summed E-state index contributed by atoms with van der Waals surface area (Å²) in [7, 11) is 0. The topological polar surface area (TPSA) is 16.4 Å². The number of rotatable bonds is 6. The van der Waals surface area contributed by atoms with E-state index >= 15 is 0 Å². The molecule has 0 amide bonds. The van der Waals surface area contributed by atoms with Gasteiger partial charge in [0.15, 0.2) is 0 Å². The fraction of sp³-hybridized carbons (Fsp3) is 0.0545. The average Bonchev–Trinajstić information content (AvgIpc) is 3.76. The first-order valence-corrected chi connectivity index (χ1v) is 19.8. The van der Waals surface area contributed by atoms with Gasteiger partial charge in [0.05, 0.1) is 5.69 Å². The smallest absolute Gasteiger partial charge is 0.136 e. The molecule has 0 saturated carbocycles. The van der Waals surface area contributed by atoms with E-state index in [1.54, 1.807) is 0 Å². The molecule has 270 valence electrons. The van der Waals surface area contributed by atoms with Crippen LogP contribution in [0.25, 0.3) is 77.2 Å². The van der Waals surface area contributed by atoms with Gasteiger partial charge in [-0.2, -0.15) is 0 Å². The Morgan fingerprint density at radius 1 is 0.386 bits per heavy atom. The van der Waals surface area contributed by atoms with Crippen molar-refractivity contribution >= 4 is 49.8 Å². The molecule has 0 aliphatic heterocycles. The van der Waals surface area contributed by atoms with Crippen LogP contribution in [0.2, 0.25) is 0 Å². The SMILES string of the molecule is CC1(C)c2ccccc2-c2ccc(-c3ccc(N(c4ccc(-c5cccc6ccccc56)cc4)c4ccccc4-c4cccc5oc6ccccc6c45)cc3)cc21. The monoisotopic (exact) mass is 729 g/mol. The van der Waals surface area contributed by atoms with E-state index in [4.69, 9.17) is 4.42 Å². The number of anilines is 3. The molecule has 1 aromatic heterocycles. The van der Waals surface area contributed by atoms with Gasteiger partial charge in [-0.25, -0.2) is 0 Å². The van der Waals surface area contributed by atoms with Crippen molar-refractivity contribution < 1.29 is 4.42 Å². The van der Waals surface area contributed by atoms with E-state index in [2.05, 4.69) is 213 Å². The Labute approximate surface area is 332 Å². The summed E-state index contributed by atoms with van der Waals surface area (Å²) in [5.74, 6) is 0. The van der Waals surface area contributed by atoms with E-state index < -0.39 is 0 Å². The van der Waals surface area contributed by atoms with Crippen LogP contribution in [0, 0.1) is 0 Å². The van der Waals surface area contributed by atoms with Crippen molar-refractivity contribution in [3.05, 3.63) is 211 Å². The van der Waals surface area contributed by atoms with Crippen molar-refractivity contribution in [1.82, 2.24) is 0 Å². The van der Waals surface area contributed by atoms with E-state index in [9.17, 15) is 0 Å². The Morgan fingerprint density at radius 2 is 0.947 bits per heavy atom. The van der Waals surface area contributed by atoms with Gasteiger partial charge in [-0.3, -0.25) is 0 Å². The maximum atomic E-state index is 6.37.